The Morgan fingerprint density at radius 3 is 2.14 bits per heavy atom. The van der Waals surface area contributed by atoms with Crippen molar-refractivity contribution >= 4 is 16.2 Å². The number of nitrogens with zero attached hydrogens (tertiary/aromatic N) is 1. The molecule has 0 bridgehead atoms. The van der Waals surface area contributed by atoms with E-state index in [0.29, 0.717) is 4.90 Å². The second-order valence-electron chi connectivity index (χ2n) is 3.06. The molecule has 14 heavy (non-hydrogen) atoms. The molecule has 4 heteroatoms. The van der Waals surface area contributed by atoms with Crippen LogP contribution in [0.1, 0.15) is 18.1 Å². The van der Waals surface area contributed by atoms with Crippen LogP contribution in [0.25, 0.3) is 0 Å². The lowest BCUT2D eigenvalue weighted by molar-refractivity contribution is 0.597. The predicted octanol–water partition coefficient (Wildman–Crippen LogP) is 2.08. The molecule has 0 heterocycles. The number of aryl methyl sites for hydroxylation is 2. The monoisotopic (exact) mass is 211 g/mol. The van der Waals surface area contributed by atoms with E-state index in [1.165, 1.54) is 6.21 Å². The van der Waals surface area contributed by atoms with Gasteiger partial charge in [0, 0.05) is 6.21 Å². The van der Waals surface area contributed by atoms with E-state index in [2.05, 4.69) is 4.40 Å². The van der Waals surface area contributed by atoms with E-state index >= 15 is 0 Å². The van der Waals surface area contributed by atoms with E-state index in [1.54, 1.807) is 32.9 Å². The molecule has 0 aromatic heterocycles. The first-order valence-corrected chi connectivity index (χ1v) is 5.74. The molecular weight excluding hydrogens is 198 g/mol. The molecule has 1 rings (SSSR count). The van der Waals surface area contributed by atoms with Gasteiger partial charge in [0.1, 0.15) is 0 Å². The summed E-state index contributed by atoms with van der Waals surface area (Å²) in [5, 5.41) is 0. The van der Waals surface area contributed by atoms with Crippen LogP contribution < -0.4 is 0 Å². The highest BCUT2D eigenvalue weighted by Crippen LogP contribution is 2.21. The fourth-order valence-electron chi connectivity index (χ4n) is 1.40. The summed E-state index contributed by atoms with van der Waals surface area (Å²) in [6.07, 6.45) is 1.29. The lowest BCUT2D eigenvalue weighted by Crippen LogP contribution is -2.02. The van der Waals surface area contributed by atoms with Crippen molar-refractivity contribution in [3.63, 3.8) is 0 Å². The van der Waals surface area contributed by atoms with Crippen LogP contribution >= 0.6 is 0 Å². The van der Waals surface area contributed by atoms with Crippen LogP contribution in [0.15, 0.2) is 27.5 Å². The molecule has 0 atom stereocenters. The Morgan fingerprint density at radius 1 is 1.21 bits per heavy atom. The van der Waals surface area contributed by atoms with Gasteiger partial charge in [0.05, 0.1) is 4.90 Å². The van der Waals surface area contributed by atoms with Crippen molar-refractivity contribution in [2.24, 2.45) is 4.40 Å². The molecule has 0 saturated carbocycles. The first-order valence-electron chi connectivity index (χ1n) is 4.30. The smallest absolute Gasteiger partial charge is 0.199 e. The molecule has 0 fully saturated rings. The first-order chi connectivity index (χ1) is 6.49. The molecule has 0 aliphatic rings. The first kappa shape index (κ1) is 10.9. The standard InChI is InChI=1S/C10H13NO2S/c1-4-11-14(12,13)10-8(2)6-5-7-9(10)3/h4-7H,1-3H3/b11-4+. The largest absolute Gasteiger partial charge is 0.282 e. The number of hydrogen-bond donors (Lipinski definition) is 0. The molecule has 0 amide bonds. The Balaban J connectivity index is 3.47. The minimum absolute atomic E-state index is 0.318. The van der Waals surface area contributed by atoms with Gasteiger partial charge in [-0.2, -0.15) is 12.8 Å². The maximum Gasteiger partial charge on any atom is 0.282 e. The summed E-state index contributed by atoms with van der Waals surface area (Å²) in [7, 11) is -3.50. The van der Waals surface area contributed by atoms with Crippen LogP contribution in [0.2, 0.25) is 0 Å². The third-order valence-corrected chi connectivity index (χ3v) is 3.56. The maximum absolute atomic E-state index is 11.7. The summed E-state index contributed by atoms with van der Waals surface area (Å²) in [5.74, 6) is 0. The summed E-state index contributed by atoms with van der Waals surface area (Å²) >= 11 is 0. The van der Waals surface area contributed by atoms with Gasteiger partial charge in [-0.25, -0.2) is 0 Å². The Morgan fingerprint density at radius 2 is 1.71 bits per heavy atom. The Kier molecular flexibility index (Phi) is 3.06. The fraction of sp³-hybridized carbons (Fsp3) is 0.300. The van der Waals surface area contributed by atoms with Crippen molar-refractivity contribution < 1.29 is 8.42 Å². The van der Waals surface area contributed by atoms with Crippen LogP contribution in [-0.4, -0.2) is 14.6 Å². The van der Waals surface area contributed by atoms with E-state index < -0.39 is 10.0 Å². The van der Waals surface area contributed by atoms with Crippen molar-refractivity contribution in [3.8, 4) is 0 Å². The quantitative estimate of drug-likeness (QED) is 0.703. The zero-order valence-corrected chi connectivity index (χ0v) is 9.30. The van der Waals surface area contributed by atoms with Gasteiger partial charge in [-0.3, -0.25) is 0 Å². The van der Waals surface area contributed by atoms with Gasteiger partial charge in [0.15, 0.2) is 0 Å². The predicted molar refractivity (Wildman–Crippen MR) is 57.3 cm³/mol. The van der Waals surface area contributed by atoms with Crippen LogP contribution in [0, 0.1) is 13.8 Å². The number of rotatable bonds is 2. The molecule has 0 saturated heterocycles. The number of benzene rings is 1. The van der Waals surface area contributed by atoms with Crippen LogP contribution in [0.3, 0.4) is 0 Å². The van der Waals surface area contributed by atoms with Gasteiger partial charge in [-0.1, -0.05) is 18.2 Å². The zero-order valence-electron chi connectivity index (χ0n) is 8.48. The molecule has 3 nitrogen and oxygen atoms in total. The summed E-state index contributed by atoms with van der Waals surface area (Å²) in [6.45, 7) is 5.13. The van der Waals surface area contributed by atoms with Crippen molar-refractivity contribution in [2.45, 2.75) is 25.7 Å². The zero-order chi connectivity index (χ0) is 10.8. The molecule has 0 radical (unpaired) electrons. The summed E-state index contributed by atoms with van der Waals surface area (Å²) in [4.78, 5) is 0.318. The Labute approximate surface area is 84.5 Å². The van der Waals surface area contributed by atoms with E-state index in [-0.39, 0.29) is 0 Å². The summed E-state index contributed by atoms with van der Waals surface area (Å²) in [6, 6.07) is 5.37. The van der Waals surface area contributed by atoms with E-state index in [4.69, 9.17) is 0 Å². The topological polar surface area (TPSA) is 46.5 Å². The van der Waals surface area contributed by atoms with Crippen molar-refractivity contribution in [3.05, 3.63) is 29.3 Å². The fourth-order valence-corrected chi connectivity index (χ4v) is 2.73. The highest BCUT2D eigenvalue weighted by Gasteiger charge is 2.16. The van der Waals surface area contributed by atoms with Crippen molar-refractivity contribution in [2.75, 3.05) is 0 Å². The summed E-state index contributed by atoms with van der Waals surface area (Å²) in [5.41, 5.74) is 1.46. The van der Waals surface area contributed by atoms with E-state index in [0.717, 1.165) is 11.1 Å². The SMILES string of the molecule is C/C=N/S(=O)(=O)c1c(C)cccc1C. The van der Waals surface area contributed by atoms with Gasteiger partial charge in [-0.05, 0) is 31.9 Å². The van der Waals surface area contributed by atoms with E-state index in [1.807, 2.05) is 6.07 Å². The third-order valence-electron chi connectivity index (χ3n) is 1.91. The molecule has 1 aromatic rings. The molecule has 0 aliphatic heterocycles. The Bertz CT molecular complexity index is 441. The summed E-state index contributed by atoms with van der Waals surface area (Å²) < 4.78 is 26.8. The lowest BCUT2D eigenvalue weighted by atomic mass is 10.2. The van der Waals surface area contributed by atoms with E-state index in [9.17, 15) is 8.42 Å². The maximum atomic E-state index is 11.7. The second-order valence-corrected chi connectivity index (χ2v) is 4.63. The van der Waals surface area contributed by atoms with Crippen LogP contribution in [0.5, 0.6) is 0 Å². The number of sulfonamides is 1. The van der Waals surface area contributed by atoms with Gasteiger partial charge in [0.25, 0.3) is 10.0 Å². The minimum atomic E-state index is -3.50. The van der Waals surface area contributed by atoms with Crippen LogP contribution in [0.4, 0.5) is 0 Å². The average Bonchev–Trinajstić information content (AvgIpc) is 2.02. The highest BCUT2D eigenvalue weighted by molar-refractivity contribution is 7.90. The molecular formula is C10H13NO2S. The molecule has 76 valence electrons. The van der Waals surface area contributed by atoms with Gasteiger partial charge in [0.2, 0.25) is 0 Å². The second kappa shape index (κ2) is 3.92. The third kappa shape index (κ3) is 2.01. The van der Waals surface area contributed by atoms with Crippen molar-refractivity contribution in [1.29, 1.82) is 0 Å². The molecule has 1 aromatic carbocycles. The number of hydrogen-bond acceptors (Lipinski definition) is 2. The van der Waals surface area contributed by atoms with Crippen LogP contribution in [-0.2, 0) is 10.0 Å². The lowest BCUT2D eigenvalue weighted by Gasteiger charge is -2.06. The molecule has 0 unspecified atom stereocenters. The van der Waals surface area contributed by atoms with Crippen molar-refractivity contribution in [1.82, 2.24) is 0 Å². The Hall–Kier alpha value is -1.16. The normalized spacial score (nSPS) is 12.2. The van der Waals surface area contributed by atoms with Gasteiger partial charge in [-0.15, -0.1) is 0 Å². The van der Waals surface area contributed by atoms with Gasteiger partial charge >= 0.3 is 0 Å². The minimum Gasteiger partial charge on any atom is -0.199 e. The average molecular weight is 211 g/mol. The highest BCUT2D eigenvalue weighted by atomic mass is 32.2. The van der Waals surface area contributed by atoms with Gasteiger partial charge < -0.3 is 0 Å². The molecule has 0 spiro atoms. The molecule has 0 aliphatic carbocycles. The molecule has 0 N–H and O–H groups in total.